The van der Waals surface area contributed by atoms with Crippen LogP contribution in [0.15, 0.2) is 33.6 Å². The molecule has 1 saturated heterocycles. The van der Waals surface area contributed by atoms with E-state index in [1.165, 1.54) is 12.1 Å². The highest BCUT2D eigenvalue weighted by Gasteiger charge is 2.35. The van der Waals surface area contributed by atoms with Gasteiger partial charge < -0.3 is 9.32 Å². The summed E-state index contributed by atoms with van der Waals surface area (Å²) in [6, 6.07) is 6.13. The third-order valence-corrected chi connectivity index (χ3v) is 5.52. The van der Waals surface area contributed by atoms with E-state index in [4.69, 9.17) is 4.42 Å². The summed E-state index contributed by atoms with van der Waals surface area (Å²) >= 11 is 0. The Kier molecular flexibility index (Phi) is 5.00. The molecule has 1 unspecified atom stereocenters. The molecule has 9 nitrogen and oxygen atoms in total. The summed E-state index contributed by atoms with van der Waals surface area (Å²) in [5.41, 5.74) is -0.00643. The van der Waals surface area contributed by atoms with Crippen LogP contribution in [0.3, 0.4) is 0 Å². The molecule has 0 spiro atoms. The molecule has 1 fully saturated rings. The number of carbonyl (C=O) groups is 2. The maximum absolute atomic E-state index is 12.4. The molecule has 1 atom stereocenters. The third-order valence-electron chi connectivity index (χ3n) is 4.39. The Morgan fingerprint density at radius 3 is 2.43 bits per heavy atom. The molecule has 10 heteroatoms. The lowest BCUT2D eigenvalue weighted by Crippen LogP contribution is -2.27. The molecule has 2 aromatic rings. The zero-order valence-corrected chi connectivity index (χ0v) is 16.9. The monoisotopic (exact) mass is 406 g/mol. The molecule has 0 radical (unpaired) electrons. The minimum atomic E-state index is -3.30. The lowest BCUT2D eigenvalue weighted by molar-refractivity contribution is -0.123. The number of amides is 2. The van der Waals surface area contributed by atoms with E-state index in [1.807, 2.05) is 0 Å². The van der Waals surface area contributed by atoms with Gasteiger partial charge in [-0.2, -0.15) is 0 Å². The second kappa shape index (κ2) is 7.01. The Bertz CT molecular complexity index is 1010. The van der Waals surface area contributed by atoms with Gasteiger partial charge in [-0.05, 0) is 24.3 Å². The zero-order valence-electron chi connectivity index (χ0n) is 16.1. The summed E-state index contributed by atoms with van der Waals surface area (Å²) in [7, 11) is -3.30. The average Bonchev–Trinajstić information content (AvgIpc) is 3.20. The van der Waals surface area contributed by atoms with Crippen molar-refractivity contribution < 1.29 is 22.4 Å². The second-order valence-electron chi connectivity index (χ2n) is 7.82. The van der Waals surface area contributed by atoms with Crippen molar-refractivity contribution in [3.63, 3.8) is 0 Å². The Morgan fingerprint density at radius 1 is 1.21 bits per heavy atom. The Hall–Kier alpha value is -2.75. The summed E-state index contributed by atoms with van der Waals surface area (Å²) in [6.07, 6.45) is 1.31. The molecule has 2 amide bonds. The van der Waals surface area contributed by atoms with Crippen molar-refractivity contribution in [1.82, 2.24) is 10.2 Å². The second-order valence-corrected chi connectivity index (χ2v) is 9.84. The van der Waals surface area contributed by atoms with Gasteiger partial charge in [0.2, 0.25) is 17.7 Å². The van der Waals surface area contributed by atoms with E-state index in [-0.39, 0.29) is 41.0 Å². The van der Waals surface area contributed by atoms with Gasteiger partial charge in [-0.3, -0.25) is 14.9 Å². The van der Waals surface area contributed by atoms with Gasteiger partial charge in [0.25, 0.3) is 0 Å². The molecular weight excluding hydrogens is 384 g/mol. The van der Waals surface area contributed by atoms with Crippen molar-refractivity contribution >= 4 is 33.4 Å². The van der Waals surface area contributed by atoms with E-state index in [2.05, 4.69) is 15.5 Å². The summed E-state index contributed by atoms with van der Waals surface area (Å²) < 4.78 is 28.7. The van der Waals surface area contributed by atoms with Crippen LogP contribution >= 0.6 is 0 Å². The Labute approximate surface area is 163 Å². The molecule has 1 N–H and O–H groups in total. The highest BCUT2D eigenvalue weighted by atomic mass is 32.2. The van der Waals surface area contributed by atoms with Crippen molar-refractivity contribution in [2.75, 3.05) is 23.0 Å². The normalized spacial score (nSPS) is 17.8. The lowest BCUT2D eigenvalue weighted by Gasteiger charge is -2.16. The van der Waals surface area contributed by atoms with Crippen LogP contribution < -0.4 is 10.2 Å². The van der Waals surface area contributed by atoms with Gasteiger partial charge in [0.15, 0.2) is 9.84 Å². The van der Waals surface area contributed by atoms with Gasteiger partial charge in [0.1, 0.15) is 0 Å². The highest BCUT2D eigenvalue weighted by Crippen LogP contribution is 2.32. The van der Waals surface area contributed by atoms with E-state index >= 15 is 0 Å². The number of aromatic nitrogens is 2. The van der Waals surface area contributed by atoms with Crippen LogP contribution in [0, 0.1) is 5.41 Å². The molecular formula is C18H22N4O5S. The largest absolute Gasteiger partial charge is 0.407 e. The number of hydrogen-bond donors (Lipinski definition) is 1. The molecule has 1 aromatic carbocycles. The fourth-order valence-electron chi connectivity index (χ4n) is 2.73. The SMILES string of the molecule is CC(C)(C)C(=O)Nc1nnc(C2CC(=O)N(c3ccc(S(C)(=O)=O)cc3)C2)o1. The number of nitrogens with one attached hydrogen (secondary N) is 1. The fourth-order valence-corrected chi connectivity index (χ4v) is 3.36. The van der Waals surface area contributed by atoms with Crippen LogP contribution in [0.4, 0.5) is 11.7 Å². The first-order chi connectivity index (χ1) is 12.9. The van der Waals surface area contributed by atoms with Crippen molar-refractivity contribution in [2.24, 2.45) is 5.41 Å². The summed E-state index contributed by atoms with van der Waals surface area (Å²) in [5.74, 6) is -0.420. The van der Waals surface area contributed by atoms with E-state index in [9.17, 15) is 18.0 Å². The maximum Gasteiger partial charge on any atom is 0.322 e. The summed E-state index contributed by atoms with van der Waals surface area (Å²) in [4.78, 5) is 26.2. The zero-order chi connectivity index (χ0) is 20.7. The average molecular weight is 406 g/mol. The maximum atomic E-state index is 12.4. The Morgan fingerprint density at radius 2 is 1.86 bits per heavy atom. The molecule has 3 rings (SSSR count). The van der Waals surface area contributed by atoms with Gasteiger partial charge in [0, 0.05) is 30.3 Å². The number of nitrogens with zero attached hydrogens (tertiary/aromatic N) is 3. The smallest absolute Gasteiger partial charge is 0.322 e. The van der Waals surface area contributed by atoms with Gasteiger partial charge in [0.05, 0.1) is 10.8 Å². The van der Waals surface area contributed by atoms with Gasteiger partial charge in [-0.1, -0.05) is 25.9 Å². The lowest BCUT2D eigenvalue weighted by atomic mass is 9.96. The summed E-state index contributed by atoms with van der Waals surface area (Å²) in [5, 5.41) is 10.3. The van der Waals surface area contributed by atoms with Crippen LogP contribution in [-0.4, -0.2) is 43.2 Å². The number of hydrogen-bond acceptors (Lipinski definition) is 7. The number of anilines is 2. The third kappa shape index (κ3) is 4.22. The molecule has 1 aliphatic rings. The van der Waals surface area contributed by atoms with Crippen LogP contribution in [0.1, 0.15) is 39.0 Å². The molecule has 1 aliphatic heterocycles. The van der Waals surface area contributed by atoms with Gasteiger partial charge >= 0.3 is 6.01 Å². The topological polar surface area (TPSA) is 122 Å². The minimum absolute atomic E-state index is 0.00155. The number of carbonyl (C=O) groups excluding carboxylic acids is 2. The molecule has 1 aromatic heterocycles. The van der Waals surface area contributed by atoms with Crippen LogP contribution in [0.25, 0.3) is 0 Å². The predicted octanol–water partition coefficient (Wildman–Crippen LogP) is 1.98. The van der Waals surface area contributed by atoms with Crippen molar-refractivity contribution in [3.05, 3.63) is 30.2 Å². The fraction of sp³-hybridized carbons (Fsp3) is 0.444. The molecule has 0 saturated carbocycles. The first-order valence-corrected chi connectivity index (χ1v) is 10.6. The first-order valence-electron chi connectivity index (χ1n) is 8.70. The molecule has 0 bridgehead atoms. The number of rotatable bonds is 4. The standard InChI is InChI=1S/C18H22N4O5S/c1-18(2,3)16(24)19-17-21-20-15(27-17)11-9-14(23)22(10-11)12-5-7-13(8-6-12)28(4,25)26/h5-8,11H,9-10H2,1-4H3,(H,19,21,24). The van der Waals surface area contributed by atoms with Crippen molar-refractivity contribution in [3.8, 4) is 0 Å². The molecule has 28 heavy (non-hydrogen) atoms. The van der Waals surface area contributed by atoms with Gasteiger partial charge in [-0.25, -0.2) is 8.42 Å². The van der Waals surface area contributed by atoms with Gasteiger partial charge in [-0.15, -0.1) is 5.10 Å². The molecule has 150 valence electrons. The van der Waals surface area contributed by atoms with E-state index in [0.717, 1.165) is 6.26 Å². The van der Waals surface area contributed by atoms with Crippen molar-refractivity contribution in [1.29, 1.82) is 0 Å². The van der Waals surface area contributed by atoms with Crippen LogP contribution in [0.5, 0.6) is 0 Å². The predicted molar refractivity (Wildman–Crippen MR) is 102 cm³/mol. The number of benzene rings is 1. The van der Waals surface area contributed by atoms with E-state index in [0.29, 0.717) is 12.2 Å². The van der Waals surface area contributed by atoms with Crippen molar-refractivity contribution in [2.45, 2.75) is 38.0 Å². The van der Waals surface area contributed by atoms with Crippen LogP contribution in [-0.2, 0) is 19.4 Å². The first kappa shape index (κ1) is 20.0. The van der Waals surface area contributed by atoms with Crippen LogP contribution in [0.2, 0.25) is 0 Å². The van der Waals surface area contributed by atoms with E-state index < -0.39 is 15.3 Å². The highest BCUT2D eigenvalue weighted by molar-refractivity contribution is 7.90. The minimum Gasteiger partial charge on any atom is -0.407 e. The van der Waals surface area contributed by atoms with E-state index in [1.54, 1.807) is 37.8 Å². The number of sulfone groups is 1. The molecule has 2 heterocycles. The Balaban J connectivity index is 1.72. The molecule has 0 aliphatic carbocycles. The summed E-state index contributed by atoms with van der Waals surface area (Å²) in [6.45, 7) is 5.62. The quantitative estimate of drug-likeness (QED) is 0.823.